The van der Waals surface area contributed by atoms with E-state index in [0.717, 1.165) is 0 Å². The second-order valence-electron chi connectivity index (χ2n) is 4.23. The summed E-state index contributed by atoms with van der Waals surface area (Å²) in [5, 5.41) is 17.5. The summed E-state index contributed by atoms with van der Waals surface area (Å²) in [5.74, 6) is -0.289. The monoisotopic (exact) mass is 259 g/mol. The van der Waals surface area contributed by atoms with Crippen LogP contribution in [0.5, 0.6) is 0 Å². The van der Waals surface area contributed by atoms with Gasteiger partial charge in [0.1, 0.15) is 0 Å². The average Bonchev–Trinajstić information content (AvgIpc) is 2.76. The van der Waals surface area contributed by atoms with Gasteiger partial charge >= 0.3 is 0 Å². The lowest BCUT2D eigenvalue weighted by atomic mass is 10.2. The second-order valence-corrected chi connectivity index (χ2v) is 4.23. The van der Waals surface area contributed by atoms with Crippen molar-refractivity contribution in [1.82, 2.24) is 16.0 Å². The van der Waals surface area contributed by atoms with Crippen LogP contribution in [0.1, 0.15) is 12.8 Å². The van der Waals surface area contributed by atoms with Crippen molar-refractivity contribution < 1.29 is 19.4 Å². The number of amides is 2. The quantitative estimate of drug-likeness (QED) is 0.395. The second kappa shape index (κ2) is 8.02. The summed E-state index contributed by atoms with van der Waals surface area (Å²) in [5.41, 5.74) is 0. The zero-order valence-corrected chi connectivity index (χ0v) is 10.6. The molecule has 0 aromatic rings. The molecule has 0 bridgehead atoms. The third-order valence-corrected chi connectivity index (χ3v) is 2.70. The molecule has 1 aliphatic heterocycles. The van der Waals surface area contributed by atoms with Crippen molar-refractivity contribution >= 4 is 11.8 Å². The molecule has 2 amide bonds. The minimum atomic E-state index is -0.460. The minimum Gasteiger partial charge on any atom is -0.392 e. The molecule has 104 valence electrons. The molecule has 7 heteroatoms. The van der Waals surface area contributed by atoms with E-state index in [9.17, 15) is 14.7 Å². The first-order chi connectivity index (χ1) is 8.63. The smallest absolute Gasteiger partial charge is 0.237 e. The van der Waals surface area contributed by atoms with Gasteiger partial charge in [0, 0.05) is 33.2 Å². The molecule has 1 rings (SSSR count). The van der Waals surface area contributed by atoms with Crippen LogP contribution in [0.4, 0.5) is 0 Å². The fraction of sp³-hybridized carbons (Fsp3) is 0.818. The summed E-state index contributed by atoms with van der Waals surface area (Å²) in [6.07, 6.45) is 0.203. The van der Waals surface area contributed by atoms with Gasteiger partial charge < -0.3 is 25.8 Å². The molecule has 0 aromatic carbocycles. The van der Waals surface area contributed by atoms with E-state index in [1.807, 2.05) is 0 Å². The summed E-state index contributed by atoms with van der Waals surface area (Å²) in [6.45, 7) is 1.68. The van der Waals surface area contributed by atoms with Crippen molar-refractivity contribution in [3.8, 4) is 0 Å². The zero-order chi connectivity index (χ0) is 13.4. The van der Waals surface area contributed by atoms with Gasteiger partial charge in [0.05, 0.1) is 18.8 Å². The van der Waals surface area contributed by atoms with Gasteiger partial charge in [-0.1, -0.05) is 0 Å². The predicted octanol–water partition coefficient (Wildman–Crippen LogP) is -2.02. The molecule has 0 radical (unpaired) electrons. The van der Waals surface area contributed by atoms with Crippen molar-refractivity contribution in [1.29, 1.82) is 0 Å². The lowest BCUT2D eigenvalue weighted by molar-refractivity contribution is -0.123. The Morgan fingerprint density at radius 3 is 2.78 bits per heavy atom. The van der Waals surface area contributed by atoms with Gasteiger partial charge in [0.25, 0.3) is 0 Å². The number of β-amino-alcohol motifs (C(OH)–C–C–N with tert-alkyl or cyclic N) is 1. The molecule has 1 heterocycles. The van der Waals surface area contributed by atoms with Crippen LogP contribution in [0.25, 0.3) is 0 Å². The van der Waals surface area contributed by atoms with Crippen LogP contribution in [0.15, 0.2) is 0 Å². The first-order valence-electron chi connectivity index (χ1n) is 6.08. The van der Waals surface area contributed by atoms with Crippen molar-refractivity contribution in [2.24, 2.45) is 0 Å². The van der Waals surface area contributed by atoms with Gasteiger partial charge in [-0.3, -0.25) is 9.59 Å². The van der Waals surface area contributed by atoms with Gasteiger partial charge in [-0.25, -0.2) is 0 Å². The van der Waals surface area contributed by atoms with Gasteiger partial charge in [0.15, 0.2) is 0 Å². The Morgan fingerprint density at radius 1 is 1.39 bits per heavy atom. The van der Waals surface area contributed by atoms with E-state index in [0.29, 0.717) is 32.7 Å². The Labute approximate surface area is 106 Å². The Balaban J connectivity index is 2.06. The summed E-state index contributed by atoms with van der Waals surface area (Å²) < 4.78 is 4.80. The van der Waals surface area contributed by atoms with Crippen molar-refractivity contribution in [3.63, 3.8) is 0 Å². The molecule has 7 nitrogen and oxygen atoms in total. The number of carbonyl (C=O) groups is 2. The number of carbonyl (C=O) groups excluding carboxylic acids is 2. The number of nitrogens with one attached hydrogen (secondary N) is 3. The van der Waals surface area contributed by atoms with E-state index >= 15 is 0 Å². The van der Waals surface area contributed by atoms with Crippen LogP contribution >= 0.6 is 0 Å². The molecule has 2 atom stereocenters. The largest absolute Gasteiger partial charge is 0.392 e. The van der Waals surface area contributed by atoms with Crippen LogP contribution in [0, 0.1) is 0 Å². The number of rotatable bonds is 7. The Hall–Kier alpha value is -1.18. The van der Waals surface area contributed by atoms with Crippen LogP contribution in [-0.4, -0.2) is 62.4 Å². The number of methoxy groups -OCH3 is 1. The number of aliphatic hydroxyl groups excluding tert-OH is 1. The van der Waals surface area contributed by atoms with Gasteiger partial charge in [0.2, 0.25) is 11.8 Å². The molecule has 0 aromatic heterocycles. The van der Waals surface area contributed by atoms with Gasteiger partial charge in [-0.05, 0) is 6.42 Å². The highest BCUT2D eigenvalue weighted by Crippen LogP contribution is 2.05. The number of hydrogen-bond acceptors (Lipinski definition) is 5. The minimum absolute atomic E-state index is 0.119. The zero-order valence-electron chi connectivity index (χ0n) is 10.6. The number of ether oxygens (including phenoxy) is 1. The maximum Gasteiger partial charge on any atom is 0.237 e. The third-order valence-electron chi connectivity index (χ3n) is 2.70. The molecular weight excluding hydrogens is 238 g/mol. The Bertz CT molecular complexity index is 285. The average molecular weight is 259 g/mol. The summed E-state index contributed by atoms with van der Waals surface area (Å²) in [6, 6.07) is -0.350. The van der Waals surface area contributed by atoms with Gasteiger partial charge in [-0.2, -0.15) is 0 Å². The molecule has 0 aliphatic carbocycles. The van der Waals surface area contributed by atoms with Crippen molar-refractivity contribution in [2.75, 3.05) is 33.4 Å². The van der Waals surface area contributed by atoms with Crippen LogP contribution in [-0.2, 0) is 14.3 Å². The van der Waals surface area contributed by atoms with E-state index in [4.69, 9.17) is 4.74 Å². The van der Waals surface area contributed by atoms with Gasteiger partial charge in [-0.15, -0.1) is 0 Å². The fourth-order valence-corrected chi connectivity index (χ4v) is 1.72. The van der Waals surface area contributed by atoms with E-state index < -0.39 is 6.10 Å². The van der Waals surface area contributed by atoms with E-state index in [2.05, 4.69) is 16.0 Å². The Morgan fingerprint density at radius 2 is 2.17 bits per heavy atom. The standard InChI is InChI=1S/C11H21N3O4/c1-18-5-4-12-10(16)2-3-13-11(17)9-6-8(15)7-14-9/h8-9,14-15H,2-7H2,1H3,(H,12,16)(H,13,17). The number of hydrogen-bond donors (Lipinski definition) is 4. The molecule has 1 aliphatic rings. The molecule has 1 fully saturated rings. The highest BCUT2D eigenvalue weighted by atomic mass is 16.5. The maximum atomic E-state index is 11.6. The van der Waals surface area contributed by atoms with Crippen LogP contribution in [0.2, 0.25) is 0 Å². The molecule has 1 saturated heterocycles. The third kappa shape index (κ3) is 5.44. The van der Waals surface area contributed by atoms with Crippen molar-refractivity contribution in [2.45, 2.75) is 25.0 Å². The molecule has 0 spiro atoms. The first kappa shape index (κ1) is 14.9. The first-order valence-corrected chi connectivity index (χ1v) is 6.08. The van der Waals surface area contributed by atoms with Crippen LogP contribution < -0.4 is 16.0 Å². The maximum absolute atomic E-state index is 11.6. The summed E-state index contributed by atoms with van der Waals surface area (Å²) in [4.78, 5) is 22.9. The Kier molecular flexibility index (Phi) is 6.63. The number of aliphatic hydroxyl groups is 1. The normalized spacial score (nSPS) is 22.8. The molecular formula is C11H21N3O4. The highest BCUT2D eigenvalue weighted by Gasteiger charge is 2.27. The van der Waals surface area contributed by atoms with Crippen LogP contribution in [0.3, 0.4) is 0 Å². The lowest BCUT2D eigenvalue weighted by Gasteiger charge is -2.10. The highest BCUT2D eigenvalue weighted by molar-refractivity contribution is 5.83. The van der Waals surface area contributed by atoms with Crippen molar-refractivity contribution in [3.05, 3.63) is 0 Å². The predicted molar refractivity (Wildman–Crippen MR) is 64.9 cm³/mol. The lowest BCUT2D eigenvalue weighted by Crippen LogP contribution is -2.41. The molecule has 18 heavy (non-hydrogen) atoms. The summed E-state index contributed by atoms with van der Waals surface area (Å²) >= 11 is 0. The molecule has 2 unspecified atom stereocenters. The van der Waals surface area contributed by atoms with E-state index in [-0.39, 0.29) is 24.3 Å². The fourth-order valence-electron chi connectivity index (χ4n) is 1.72. The SMILES string of the molecule is COCCNC(=O)CCNC(=O)C1CC(O)CN1. The topological polar surface area (TPSA) is 99.7 Å². The van der Waals surface area contributed by atoms with E-state index in [1.165, 1.54) is 0 Å². The summed E-state index contributed by atoms with van der Waals surface area (Å²) in [7, 11) is 1.56. The molecule has 4 N–H and O–H groups in total. The van der Waals surface area contributed by atoms with E-state index in [1.54, 1.807) is 7.11 Å². The molecule has 0 saturated carbocycles.